The topological polar surface area (TPSA) is 49.6 Å². The van der Waals surface area contributed by atoms with E-state index in [2.05, 4.69) is 9.97 Å². The summed E-state index contributed by atoms with van der Waals surface area (Å²) in [6.45, 7) is 1.96. The fourth-order valence-electron chi connectivity index (χ4n) is 1.33. The molecular weight excluding hydrogens is 225 g/mol. The molecule has 0 saturated heterocycles. The minimum Gasteiger partial charge on any atom is -0.261 e. The van der Waals surface area contributed by atoms with E-state index in [9.17, 15) is 4.39 Å². The van der Waals surface area contributed by atoms with E-state index in [0.717, 1.165) is 17.5 Å². The largest absolute Gasteiger partial charge is 0.261 e. The van der Waals surface area contributed by atoms with Crippen LogP contribution in [0, 0.1) is 17.1 Å². The lowest BCUT2D eigenvalue weighted by Crippen LogP contribution is -1.83. The summed E-state index contributed by atoms with van der Waals surface area (Å²) in [7, 11) is 0. The van der Waals surface area contributed by atoms with Gasteiger partial charge in [0, 0.05) is 16.6 Å². The van der Waals surface area contributed by atoms with Gasteiger partial charge in [0.1, 0.15) is 16.9 Å². The molecule has 2 heterocycles. The second kappa shape index (κ2) is 4.37. The Bertz CT molecular complexity index is 557. The van der Waals surface area contributed by atoms with Gasteiger partial charge in [-0.3, -0.25) is 4.98 Å². The van der Waals surface area contributed by atoms with E-state index < -0.39 is 5.82 Å². The molecule has 0 aromatic carbocycles. The van der Waals surface area contributed by atoms with Crippen molar-refractivity contribution in [1.29, 1.82) is 5.26 Å². The number of hydrogen-bond donors (Lipinski definition) is 0. The Balaban J connectivity index is 2.49. The SMILES string of the molecule is CCc1sc(-c2cncc(F)c2)nc1C#N. The second-order valence-corrected chi connectivity index (χ2v) is 4.23. The zero-order valence-corrected chi connectivity index (χ0v) is 9.38. The molecule has 3 nitrogen and oxygen atoms in total. The summed E-state index contributed by atoms with van der Waals surface area (Å²) in [6, 6.07) is 3.40. The van der Waals surface area contributed by atoms with Crippen LogP contribution in [0.3, 0.4) is 0 Å². The van der Waals surface area contributed by atoms with Crippen LogP contribution in [0.2, 0.25) is 0 Å². The summed E-state index contributed by atoms with van der Waals surface area (Å²) in [4.78, 5) is 8.84. The lowest BCUT2D eigenvalue weighted by atomic mass is 10.3. The number of thiazole rings is 1. The molecule has 2 rings (SSSR count). The van der Waals surface area contributed by atoms with Gasteiger partial charge in [0.2, 0.25) is 0 Å². The van der Waals surface area contributed by atoms with Crippen LogP contribution < -0.4 is 0 Å². The summed E-state index contributed by atoms with van der Waals surface area (Å²) in [5.74, 6) is -0.399. The van der Waals surface area contributed by atoms with Gasteiger partial charge in [-0.15, -0.1) is 11.3 Å². The number of halogens is 1. The molecule has 0 saturated carbocycles. The van der Waals surface area contributed by atoms with Gasteiger partial charge in [0.15, 0.2) is 5.69 Å². The van der Waals surface area contributed by atoms with Gasteiger partial charge >= 0.3 is 0 Å². The van der Waals surface area contributed by atoms with Gasteiger partial charge < -0.3 is 0 Å². The van der Waals surface area contributed by atoms with Crippen molar-refractivity contribution in [2.24, 2.45) is 0 Å². The van der Waals surface area contributed by atoms with Gasteiger partial charge in [-0.1, -0.05) is 6.92 Å². The van der Waals surface area contributed by atoms with Crippen molar-refractivity contribution >= 4 is 11.3 Å². The molecule has 2 aromatic heterocycles. The van der Waals surface area contributed by atoms with Gasteiger partial charge in [-0.05, 0) is 12.5 Å². The van der Waals surface area contributed by atoms with E-state index in [1.54, 1.807) is 6.20 Å². The number of aryl methyl sites for hydroxylation is 1. The molecule has 0 fully saturated rings. The predicted molar refractivity (Wildman–Crippen MR) is 59.4 cm³/mol. The Morgan fingerprint density at radius 3 is 2.88 bits per heavy atom. The fraction of sp³-hybridized carbons (Fsp3) is 0.182. The number of nitrogens with zero attached hydrogens (tertiary/aromatic N) is 3. The number of pyridine rings is 1. The summed E-state index contributed by atoms with van der Waals surface area (Å²) in [5.41, 5.74) is 1.04. The molecular formula is C11H8FN3S. The highest BCUT2D eigenvalue weighted by molar-refractivity contribution is 7.15. The second-order valence-electron chi connectivity index (χ2n) is 3.15. The molecule has 0 aliphatic carbocycles. The average molecular weight is 233 g/mol. The molecule has 0 bridgehead atoms. The van der Waals surface area contributed by atoms with E-state index in [1.165, 1.54) is 17.4 Å². The Morgan fingerprint density at radius 1 is 1.50 bits per heavy atom. The minimum absolute atomic E-state index is 0.399. The van der Waals surface area contributed by atoms with Crippen LogP contribution in [0.4, 0.5) is 4.39 Å². The summed E-state index contributed by atoms with van der Waals surface area (Å²) < 4.78 is 13.0. The Kier molecular flexibility index (Phi) is 2.93. The number of aromatic nitrogens is 2. The molecule has 0 N–H and O–H groups in total. The highest BCUT2D eigenvalue weighted by Gasteiger charge is 2.11. The predicted octanol–water partition coefficient (Wildman–Crippen LogP) is 2.78. The average Bonchev–Trinajstić information content (AvgIpc) is 2.72. The quantitative estimate of drug-likeness (QED) is 0.801. The molecule has 0 radical (unpaired) electrons. The van der Waals surface area contributed by atoms with Gasteiger partial charge in [0.25, 0.3) is 0 Å². The first-order valence-corrected chi connectivity index (χ1v) is 5.57. The number of nitriles is 1. The maximum absolute atomic E-state index is 13.0. The van der Waals surface area contributed by atoms with Crippen LogP contribution in [0.1, 0.15) is 17.5 Å². The smallest absolute Gasteiger partial charge is 0.155 e. The molecule has 5 heteroatoms. The summed E-state index contributed by atoms with van der Waals surface area (Å²) >= 11 is 1.41. The Morgan fingerprint density at radius 2 is 2.31 bits per heavy atom. The molecule has 0 amide bonds. The van der Waals surface area contributed by atoms with Gasteiger partial charge in [-0.25, -0.2) is 9.37 Å². The van der Waals surface area contributed by atoms with Crippen LogP contribution in [-0.4, -0.2) is 9.97 Å². The van der Waals surface area contributed by atoms with Crippen molar-refractivity contribution in [2.45, 2.75) is 13.3 Å². The molecule has 2 aromatic rings. The maximum atomic E-state index is 13.0. The first-order chi connectivity index (χ1) is 7.74. The third-order valence-electron chi connectivity index (χ3n) is 2.08. The van der Waals surface area contributed by atoms with E-state index in [-0.39, 0.29) is 0 Å². The molecule has 0 unspecified atom stereocenters. The zero-order valence-electron chi connectivity index (χ0n) is 8.57. The van der Waals surface area contributed by atoms with E-state index in [4.69, 9.17) is 5.26 Å². The molecule has 80 valence electrons. The number of rotatable bonds is 2. The summed E-state index contributed by atoms with van der Waals surface area (Å²) in [5, 5.41) is 9.51. The third kappa shape index (κ3) is 1.92. The Hall–Kier alpha value is -1.80. The lowest BCUT2D eigenvalue weighted by molar-refractivity contribution is 0.622. The fourth-order valence-corrected chi connectivity index (χ4v) is 2.26. The highest BCUT2D eigenvalue weighted by atomic mass is 32.1. The minimum atomic E-state index is -0.399. The molecule has 0 aliphatic rings. The van der Waals surface area contributed by atoms with Gasteiger partial charge in [-0.2, -0.15) is 5.26 Å². The van der Waals surface area contributed by atoms with E-state index in [0.29, 0.717) is 16.3 Å². The Labute approximate surface area is 96.2 Å². The molecule has 0 atom stereocenters. The molecule has 16 heavy (non-hydrogen) atoms. The lowest BCUT2D eigenvalue weighted by Gasteiger charge is -1.93. The van der Waals surface area contributed by atoms with Crippen LogP contribution in [0.5, 0.6) is 0 Å². The maximum Gasteiger partial charge on any atom is 0.155 e. The first kappa shape index (κ1) is 10.7. The highest BCUT2D eigenvalue weighted by Crippen LogP contribution is 2.27. The van der Waals surface area contributed by atoms with Crippen molar-refractivity contribution in [3.8, 4) is 16.6 Å². The van der Waals surface area contributed by atoms with Crippen LogP contribution in [-0.2, 0) is 6.42 Å². The first-order valence-electron chi connectivity index (χ1n) is 4.75. The zero-order chi connectivity index (χ0) is 11.5. The normalized spacial score (nSPS) is 10.1. The molecule has 0 aliphatic heterocycles. The van der Waals surface area contributed by atoms with Crippen molar-refractivity contribution < 1.29 is 4.39 Å². The van der Waals surface area contributed by atoms with E-state index in [1.807, 2.05) is 13.0 Å². The van der Waals surface area contributed by atoms with Crippen LogP contribution in [0.15, 0.2) is 18.5 Å². The number of hydrogen-bond acceptors (Lipinski definition) is 4. The molecule has 0 spiro atoms. The third-order valence-corrected chi connectivity index (χ3v) is 3.32. The van der Waals surface area contributed by atoms with Crippen molar-refractivity contribution in [3.63, 3.8) is 0 Å². The summed E-state index contributed by atoms with van der Waals surface area (Å²) in [6.07, 6.45) is 3.44. The van der Waals surface area contributed by atoms with E-state index >= 15 is 0 Å². The van der Waals surface area contributed by atoms with Crippen LogP contribution in [0.25, 0.3) is 10.6 Å². The monoisotopic (exact) mass is 233 g/mol. The van der Waals surface area contributed by atoms with Crippen molar-refractivity contribution in [2.75, 3.05) is 0 Å². The van der Waals surface area contributed by atoms with Crippen molar-refractivity contribution in [3.05, 3.63) is 34.8 Å². The van der Waals surface area contributed by atoms with Crippen LogP contribution >= 0.6 is 11.3 Å². The van der Waals surface area contributed by atoms with Gasteiger partial charge in [0.05, 0.1) is 6.20 Å². The van der Waals surface area contributed by atoms with Crippen molar-refractivity contribution in [1.82, 2.24) is 9.97 Å². The standard InChI is InChI=1S/C11H8FN3S/c1-2-10-9(4-13)15-11(16-10)7-3-8(12)6-14-5-7/h3,5-6H,2H2,1H3.